The van der Waals surface area contributed by atoms with Crippen LogP contribution in [0.4, 0.5) is 17.6 Å². The number of hydrogen-bond donors (Lipinski definition) is 0. The summed E-state index contributed by atoms with van der Waals surface area (Å²) in [5.41, 5.74) is 0.591. The second-order valence-corrected chi connectivity index (χ2v) is 9.50. The van der Waals surface area contributed by atoms with Gasteiger partial charge < -0.3 is 9.47 Å². The summed E-state index contributed by atoms with van der Waals surface area (Å²) in [5, 5.41) is 0. The normalized spacial score (nSPS) is 32.2. The third-order valence-electron chi connectivity index (χ3n) is 7.79. The van der Waals surface area contributed by atoms with E-state index >= 15 is 0 Å². The second-order valence-electron chi connectivity index (χ2n) is 9.50. The number of hydrogen-bond acceptors (Lipinski definition) is 2. The predicted molar refractivity (Wildman–Crippen MR) is 107 cm³/mol. The molecule has 168 valence electrons. The van der Waals surface area contributed by atoms with Crippen molar-refractivity contribution in [3.8, 4) is 11.5 Å². The molecule has 0 radical (unpaired) electrons. The average Bonchev–Trinajstić information content (AvgIpc) is 2.73. The van der Waals surface area contributed by atoms with Gasteiger partial charge in [-0.1, -0.05) is 26.2 Å². The van der Waals surface area contributed by atoms with Crippen LogP contribution in [0.5, 0.6) is 11.5 Å². The standard InChI is InChI=1S/C24H32F4O2/c1-2-15-3-5-16(6-4-15)17-7-9-18(10-8-17)21-12-11-19-13-23(30-24(26,27)28)20(25)14-22(19)29-21/h13-18,21H,2-12H2,1H3. The van der Waals surface area contributed by atoms with E-state index in [1.54, 1.807) is 0 Å². The molecule has 0 aromatic heterocycles. The molecule has 1 aliphatic heterocycles. The predicted octanol–water partition coefficient (Wildman–Crippen LogP) is 7.44. The SMILES string of the molecule is CCC1CCC(C2CCC(C3CCc4cc(OC(F)(F)F)c(F)cc4O3)CC2)CC1. The fraction of sp³-hybridized carbons (Fsp3) is 0.750. The molecule has 0 N–H and O–H groups in total. The third kappa shape index (κ3) is 5.05. The van der Waals surface area contributed by atoms with Crippen LogP contribution in [0.25, 0.3) is 0 Å². The molecular formula is C24H32F4O2. The molecule has 0 bridgehead atoms. The summed E-state index contributed by atoms with van der Waals surface area (Å²) in [7, 11) is 0. The highest BCUT2D eigenvalue weighted by molar-refractivity contribution is 5.43. The average molecular weight is 429 g/mol. The van der Waals surface area contributed by atoms with E-state index in [0.717, 1.165) is 49.1 Å². The molecule has 1 heterocycles. The molecule has 2 nitrogen and oxygen atoms in total. The van der Waals surface area contributed by atoms with Gasteiger partial charge in [-0.2, -0.15) is 0 Å². The van der Waals surface area contributed by atoms with Crippen molar-refractivity contribution in [3.05, 3.63) is 23.5 Å². The van der Waals surface area contributed by atoms with E-state index in [1.165, 1.54) is 44.9 Å². The Labute approximate surface area is 176 Å². The summed E-state index contributed by atoms with van der Waals surface area (Å²) < 4.78 is 61.3. The van der Waals surface area contributed by atoms with Gasteiger partial charge in [-0.05, 0) is 86.7 Å². The fourth-order valence-electron chi connectivity index (χ4n) is 5.99. The van der Waals surface area contributed by atoms with E-state index in [-0.39, 0.29) is 6.10 Å². The maximum Gasteiger partial charge on any atom is 0.573 e. The van der Waals surface area contributed by atoms with Crippen LogP contribution in [0.1, 0.15) is 76.7 Å². The maximum atomic E-state index is 14.1. The van der Waals surface area contributed by atoms with E-state index in [9.17, 15) is 17.6 Å². The Morgan fingerprint density at radius 2 is 1.50 bits per heavy atom. The molecule has 2 fully saturated rings. The van der Waals surface area contributed by atoms with Gasteiger partial charge in [0.05, 0.1) is 0 Å². The molecule has 0 saturated heterocycles. The number of benzene rings is 1. The lowest BCUT2D eigenvalue weighted by Crippen LogP contribution is -2.35. The van der Waals surface area contributed by atoms with Crippen molar-refractivity contribution in [2.24, 2.45) is 23.7 Å². The summed E-state index contributed by atoms with van der Waals surface area (Å²) in [6, 6.07) is 2.19. The molecule has 30 heavy (non-hydrogen) atoms. The summed E-state index contributed by atoms with van der Waals surface area (Å²) in [5.74, 6) is 1.65. The van der Waals surface area contributed by atoms with Crippen LogP contribution in [0.3, 0.4) is 0 Å². The topological polar surface area (TPSA) is 18.5 Å². The van der Waals surface area contributed by atoms with Crippen molar-refractivity contribution in [3.63, 3.8) is 0 Å². The summed E-state index contributed by atoms with van der Waals surface area (Å²) >= 11 is 0. The van der Waals surface area contributed by atoms with E-state index in [2.05, 4.69) is 11.7 Å². The molecule has 1 aromatic carbocycles. The number of halogens is 4. The second kappa shape index (κ2) is 8.96. The zero-order chi connectivity index (χ0) is 21.3. The maximum absolute atomic E-state index is 14.1. The van der Waals surface area contributed by atoms with Crippen LogP contribution in [-0.2, 0) is 6.42 Å². The molecule has 4 rings (SSSR count). The van der Waals surface area contributed by atoms with Gasteiger partial charge in [0.25, 0.3) is 0 Å². The van der Waals surface area contributed by atoms with Gasteiger partial charge in [0, 0.05) is 6.07 Å². The molecular weight excluding hydrogens is 396 g/mol. The number of alkyl halides is 3. The van der Waals surface area contributed by atoms with Crippen LogP contribution in [-0.4, -0.2) is 12.5 Å². The molecule has 2 saturated carbocycles. The molecule has 0 amide bonds. The Hall–Kier alpha value is -1.46. The molecule has 3 aliphatic rings. The highest BCUT2D eigenvalue weighted by Gasteiger charge is 2.36. The van der Waals surface area contributed by atoms with Gasteiger partial charge in [0.2, 0.25) is 0 Å². The molecule has 6 heteroatoms. The van der Waals surface area contributed by atoms with E-state index < -0.39 is 17.9 Å². The molecule has 2 aliphatic carbocycles. The van der Waals surface area contributed by atoms with E-state index in [4.69, 9.17) is 4.74 Å². The van der Waals surface area contributed by atoms with Gasteiger partial charge in [-0.15, -0.1) is 13.2 Å². The first kappa shape index (κ1) is 21.8. The Bertz CT molecular complexity index is 717. The Morgan fingerprint density at radius 3 is 2.10 bits per heavy atom. The van der Waals surface area contributed by atoms with Gasteiger partial charge in [-0.25, -0.2) is 4.39 Å². The summed E-state index contributed by atoms with van der Waals surface area (Å²) in [6.07, 6.45) is 8.07. The van der Waals surface area contributed by atoms with Crippen LogP contribution in [0.15, 0.2) is 12.1 Å². The molecule has 1 aromatic rings. The van der Waals surface area contributed by atoms with Crippen LogP contribution in [0, 0.1) is 29.5 Å². The van der Waals surface area contributed by atoms with Gasteiger partial charge in [-0.3, -0.25) is 0 Å². The van der Waals surface area contributed by atoms with Gasteiger partial charge in [0.15, 0.2) is 11.6 Å². The first-order chi connectivity index (χ1) is 14.3. The molecule has 1 unspecified atom stereocenters. The largest absolute Gasteiger partial charge is 0.573 e. The minimum atomic E-state index is -4.90. The first-order valence-electron chi connectivity index (χ1n) is 11.6. The zero-order valence-corrected chi connectivity index (χ0v) is 17.6. The fourth-order valence-corrected chi connectivity index (χ4v) is 5.99. The highest BCUT2D eigenvalue weighted by Crippen LogP contribution is 2.45. The Morgan fingerprint density at radius 1 is 0.900 bits per heavy atom. The smallest absolute Gasteiger partial charge is 0.490 e. The van der Waals surface area contributed by atoms with E-state index in [1.807, 2.05) is 0 Å². The lowest BCUT2D eigenvalue weighted by Gasteiger charge is -2.40. The van der Waals surface area contributed by atoms with Crippen LogP contribution in [0.2, 0.25) is 0 Å². The number of rotatable bonds is 4. The minimum Gasteiger partial charge on any atom is -0.490 e. The van der Waals surface area contributed by atoms with Crippen molar-refractivity contribution in [2.75, 3.05) is 0 Å². The van der Waals surface area contributed by atoms with Crippen LogP contribution >= 0.6 is 0 Å². The van der Waals surface area contributed by atoms with Crippen LogP contribution < -0.4 is 9.47 Å². The zero-order valence-electron chi connectivity index (χ0n) is 17.6. The van der Waals surface area contributed by atoms with Crippen molar-refractivity contribution in [2.45, 2.75) is 90.0 Å². The monoisotopic (exact) mass is 428 g/mol. The number of aryl methyl sites for hydroxylation is 1. The van der Waals surface area contributed by atoms with Gasteiger partial charge in [0.1, 0.15) is 11.9 Å². The van der Waals surface area contributed by atoms with Crippen molar-refractivity contribution < 1.29 is 27.0 Å². The summed E-state index contributed by atoms with van der Waals surface area (Å²) in [6.45, 7) is 2.30. The van der Waals surface area contributed by atoms with Gasteiger partial charge >= 0.3 is 6.36 Å². The Kier molecular flexibility index (Phi) is 6.50. The van der Waals surface area contributed by atoms with Crippen molar-refractivity contribution >= 4 is 0 Å². The van der Waals surface area contributed by atoms with E-state index in [0.29, 0.717) is 23.7 Å². The Balaban J connectivity index is 1.32. The molecule has 1 atom stereocenters. The minimum absolute atomic E-state index is 0.0306. The summed E-state index contributed by atoms with van der Waals surface area (Å²) in [4.78, 5) is 0. The van der Waals surface area contributed by atoms with Crippen molar-refractivity contribution in [1.82, 2.24) is 0 Å². The van der Waals surface area contributed by atoms with Crippen molar-refractivity contribution in [1.29, 1.82) is 0 Å². The third-order valence-corrected chi connectivity index (χ3v) is 7.79. The lowest BCUT2D eigenvalue weighted by atomic mass is 9.68. The number of ether oxygens (including phenoxy) is 2. The quantitative estimate of drug-likeness (QED) is 0.464. The number of fused-ring (bicyclic) bond motifs is 1. The highest BCUT2D eigenvalue weighted by atomic mass is 19.4. The first-order valence-corrected chi connectivity index (χ1v) is 11.6. The lowest BCUT2D eigenvalue weighted by molar-refractivity contribution is -0.275. The molecule has 0 spiro atoms.